The second-order valence-corrected chi connectivity index (χ2v) is 13.2. The molecule has 2 aliphatic heterocycles. The van der Waals surface area contributed by atoms with Crippen LogP contribution in [-0.4, -0.2) is 107 Å². The van der Waals surface area contributed by atoms with Crippen molar-refractivity contribution in [1.29, 1.82) is 0 Å². The first-order valence-electron chi connectivity index (χ1n) is 17.8. The summed E-state index contributed by atoms with van der Waals surface area (Å²) in [7, 11) is 4.09. The van der Waals surface area contributed by atoms with Gasteiger partial charge in [0.05, 0.1) is 50.1 Å². The second kappa shape index (κ2) is 16.8. The third kappa shape index (κ3) is 8.35. The fourth-order valence-electron chi connectivity index (χ4n) is 7.06. The van der Waals surface area contributed by atoms with Crippen LogP contribution >= 0.6 is 0 Å². The normalized spacial score (nSPS) is 18.0. The van der Waals surface area contributed by atoms with Gasteiger partial charge in [0.25, 0.3) is 0 Å². The third-order valence-corrected chi connectivity index (χ3v) is 9.90. The van der Waals surface area contributed by atoms with Crippen molar-refractivity contribution in [3.05, 3.63) is 72.6 Å². The Bertz CT molecular complexity index is 1890. The summed E-state index contributed by atoms with van der Waals surface area (Å²) in [5.41, 5.74) is 5.73. The van der Waals surface area contributed by atoms with E-state index in [1.807, 2.05) is 24.3 Å². The number of amides is 4. The van der Waals surface area contributed by atoms with Crippen molar-refractivity contribution >= 4 is 24.0 Å². The molecule has 6 rings (SSSR count). The lowest BCUT2D eigenvalue weighted by molar-refractivity contribution is -0.135. The summed E-state index contributed by atoms with van der Waals surface area (Å²) in [6.45, 7) is 3.13. The molecule has 15 heteroatoms. The first kappa shape index (κ1) is 37.1. The molecule has 0 unspecified atom stereocenters. The number of carbonyl (C=O) groups excluding carboxylic acids is 4. The monoisotopic (exact) mass is 726 g/mol. The van der Waals surface area contributed by atoms with Crippen LogP contribution in [0.15, 0.2) is 60.9 Å². The van der Waals surface area contributed by atoms with Crippen molar-refractivity contribution < 1.29 is 33.4 Å². The Morgan fingerprint density at radius 3 is 1.64 bits per heavy atom. The van der Waals surface area contributed by atoms with Crippen LogP contribution in [0.4, 0.5) is 9.59 Å². The van der Waals surface area contributed by atoms with E-state index >= 15 is 0 Å². The van der Waals surface area contributed by atoms with Gasteiger partial charge < -0.3 is 44.6 Å². The maximum absolute atomic E-state index is 13.5. The van der Waals surface area contributed by atoms with Crippen LogP contribution in [0.5, 0.6) is 0 Å². The minimum absolute atomic E-state index is 0.176. The Hall–Kier alpha value is -5.70. The Morgan fingerprint density at radius 2 is 1.17 bits per heavy atom. The van der Waals surface area contributed by atoms with Gasteiger partial charge in [0.15, 0.2) is 0 Å². The number of H-pyrrole nitrogens is 2. The Kier molecular flexibility index (Phi) is 11.7. The summed E-state index contributed by atoms with van der Waals surface area (Å²) < 4.78 is 14.5. The quantitative estimate of drug-likeness (QED) is 0.157. The highest BCUT2D eigenvalue weighted by Crippen LogP contribution is 2.34. The van der Waals surface area contributed by atoms with E-state index < -0.39 is 24.3 Å². The molecule has 4 N–H and O–H groups in total. The van der Waals surface area contributed by atoms with E-state index in [-0.39, 0.29) is 23.9 Å². The summed E-state index contributed by atoms with van der Waals surface area (Å²) in [6, 6.07) is 14.5. The largest absolute Gasteiger partial charge is 0.453 e. The molecular formula is C38H46N8O7. The molecule has 4 atom stereocenters. The van der Waals surface area contributed by atoms with Crippen LogP contribution < -0.4 is 10.6 Å². The van der Waals surface area contributed by atoms with E-state index in [1.165, 1.54) is 14.2 Å². The zero-order chi connectivity index (χ0) is 37.5. The van der Waals surface area contributed by atoms with Crippen LogP contribution in [0.1, 0.15) is 62.8 Å². The molecule has 4 amide bonds. The summed E-state index contributed by atoms with van der Waals surface area (Å²) in [4.78, 5) is 69.8. The Balaban J connectivity index is 1.09. The molecule has 15 nitrogen and oxygen atoms in total. The average molecular weight is 727 g/mol. The predicted octanol–water partition coefficient (Wildman–Crippen LogP) is 4.97. The Labute approximate surface area is 307 Å². The van der Waals surface area contributed by atoms with Crippen LogP contribution in [0, 0.1) is 0 Å². The van der Waals surface area contributed by atoms with Gasteiger partial charge in [-0.15, -0.1) is 0 Å². The van der Waals surface area contributed by atoms with Crippen LogP contribution in [-0.2, 0) is 23.8 Å². The number of ether oxygens (including phenoxy) is 3. The van der Waals surface area contributed by atoms with E-state index in [1.54, 1.807) is 36.2 Å². The van der Waals surface area contributed by atoms with Gasteiger partial charge in [-0.2, -0.15) is 0 Å². The van der Waals surface area contributed by atoms with E-state index in [4.69, 9.17) is 9.47 Å². The van der Waals surface area contributed by atoms with Crippen LogP contribution in [0.25, 0.3) is 33.6 Å². The van der Waals surface area contributed by atoms with Crippen LogP contribution in [0.3, 0.4) is 0 Å². The molecule has 0 spiro atoms. The minimum atomic E-state index is -0.760. The molecule has 2 fully saturated rings. The van der Waals surface area contributed by atoms with E-state index in [0.717, 1.165) is 59.3 Å². The summed E-state index contributed by atoms with van der Waals surface area (Å²) in [5.74, 6) is 1.05. The van der Waals surface area contributed by atoms with Crippen molar-refractivity contribution in [2.24, 2.45) is 0 Å². The number of likely N-dealkylation sites (tertiary alicyclic amines) is 2. The molecule has 0 aliphatic carbocycles. The maximum Gasteiger partial charge on any atom is 0.407 e. The molecule has 2 aromatic carbocycles. The lowest BCUT2D eigenvalue weighted by Crippen LogP contribution is -2.49. The van der Waals surface area contributed by atoms with Gasteiger partial charge in [0.2, 0.25) is 11.8 Å². The fourth-order valence-corrected chi connectivity index (χ4v) is 7.06. The molecule has 2 aliphatic rings. The van der Waals surface area contributed by atoms with Crippen LogP contribution in [0.2, 0.25) is 0 Å². The van der Waals surface area contributed by atoms with Gasteiger partial charge in [0.1, 0.15) is 23.7 Å². The highest BCUT2D eigenvalue weighted by atomic mass is 16.5. The maximum atomic E-state index is 13.5. The number of aromatic amines is 2. The van der Waals surface area contributed by atoms with Crippen molar-refractivity contribution in [3.8, 4) is 33.6 Å². The van der Waals surface area contributed by atoms with Gasteiger partial charge in [-0.25, -0.2) is 19.6 Å². The third-order valence-electron chi connectivity index (χ3n) is 9.90. The minimum Gasteiger partial charge on any atom is -0.453 e. The van der Waals surface area contributed by atoms with Crippen molar-refractivity contribution in [3.63, 3.8) is 0 Å². The van der Waals surface area contributed by atoms with Gasteiger partial charge in [-0.3, -0.25) is 9.59 Å². The molecule has 4 heterocycles. The first-order valence-corrected chi connectivity index (χ1v) is 17.8. The molecule has 0 bridgehead atoms. The molecule has 0 saturated carbocycles. The number of hydrogen-bond donors (Lipinski definition) is 4. The zero-order valence-electron chi connectivity index (χ0n) is 30.4. The molecular weight excluding hydrogens is 680 g/mol. The molecule has 53 heavy (non-hydrogen) atoms. The summed E-state index contributed by atoms with van der Waals surface area (Å²) in [5, 5.41) is 5.20. The topological polar surface area (TPSA) is 184 Å². The average Bonchev–Trinajstić information content (AvgIpc) is 4.02. The highest BCUT2D eigenvalue weighted by molar-refractivity contribution is 5.87. The predicted molar refractivity (Wildman–Crippen MR) is 195 cm³/mol. The van der Waals surface area contributed by atoms with Gasteiger partial charge in [-0.05, 0) is 54.9 Å². The number of hydrogen-bond acceptors (Lipinski definition) is 9. The van der Waals surface area contributed by atoms with E-state index in [2.05, 4.69) is 59.6 Å². The van der Waals surface area contributed by atoms with Crippen molar-refractivity contribution in [2.45, 2.75) is 63.2 Å². The lowest BCUT2D eigenvalue weighted by atomic mass is 10.0. The smallest absolute Gasteiger partial charge is 0.407 e. The number of methoxy groups -OCH3 is 3. The number of imidazole rings is 2. The number of alkyl carbamates (subject to hydrolysis) is 2. The van der Waals surface area contributed by atoms with Gasteiger partial charge >= 0.3 is 12.2 Å². The number of aromatic nitrogens is 4. The number of benzene rings is 2. The SMILES string of the molecule is COCC[C@H](NC(=O)OC)C(=O)N1CCC[C@H]1c1ncc(-c2ccc(-c3ccc(-c4cnc([C@@H]5CCCN5C(=O)[C@H](C)NC(=O)OC)[nH]4)cc3)cc2)[nH]1. The fraction of sp³-hybridized carbons (Fsp3) is 0.421. The Morgan fingerprint density at radius 1 is 0.717 bits per heavy atom. The van der Waals surface area contributed by atoms with E-state index in [9.17, 15) is 19.2 Å². The van der Waals surface area contributed by atoms with Gasteiger partial charge in [0, 0.05) is 33.2 Å². The standard InChI is InChI=1S/C38H46N8O7/c1-23(41-37(49)52-3)35(47)45-18-5-7-31(45)33-39-21-29(42-33)26-13-9-24(10-14-26)25-11-15-27(16-12-25)30-22-40-34(43-30)32-8-6-19-46(32)36(48)28(17-20-51-2)44-38(50)53-4/h9-16,21-23,28,31-32H,5-8,17-20H2,1-4H3,(H,39,42)(H,40,43)(H,41,49)(H,44,50)/t23-,28-,31-,32-/m0/s1. The lowest BCUT2D eigenvalue weighted by Gasteiger charge is -2.28. The first-order chi connectivity index (χ1) is 25.7. The van der Waals surface area contributed by atoms with E-state index in [0.29, 0.717) is 37.8 Å². The molecule has 2 aromatic heterocycles. The summed E-state index contributed by atoms with van der Waals surface area (Å²) >= 11 is 0. The molecule has 0 radical (unpaired) electrons. The van der Waals surface area contributed by atoms with Crippen molar-refractivity contribution in [2.75, 3.05) is 41.0 Å². The highest BCUT2D eigenvalue weighted by Gasteiger charge is 2.37. The van der Waals surface area contributed by atoms with Crippen molar-refractivity contribution in [1.82, 2.24) is 40.4 Å². The molecule has 280 valence electrons. The number of carbonyl (C=O) groups is 4. The number of nitrogens with one attached hydrogen (secondary N) is 4. The number of rotatable bonds is 12. The molecule has 4 aromatic rings. The second-order valence-electron chi connectivity index (χ2n) is 13.2. The number of nitrogens with zero attached hydrogens (tertiary/aromatic N) is 4. The van der Waals surface area contributed by atoms with Gasteiger partial charge in [-0.1, -0.05) is 48.5 Å². The summed E-state index contributed by atoms with van der Waals surface area (Å²) in [6.07, 6.45) is 5.82. The zero-order valence-corrected chi connectivity index (χ0v) is 30.4. The molecule has 2 saturated heterocycles.